The predicted molar refractivity (Wildman–Crippen MR) is 162 cm³/mol. The van der Waals surface area contributed by atoms with Crippen LogP contribution in [0.15, 0.2) is 47.5 Å². The van der Waals surface area contributed by atoms with Crippen LogP contribution in [0.5, 0.6) is 11.5 Å². The molecule has 0 amide bonds. The highest BCUT2D eigenvalue weighted by molar-refractivity contribution is 7.62. The number of aryl methyl sites for hydroxylation is 2. The highest BCUT2D eigenvalue weighted by atomic mass is 31.2. The molecule has 0 saturated carbocycles. The number of ether oxygens (including phenoxy) is 3. The SMILES string of the molecule is CC1=NC(CCc2ccc(OCCCc3cccc(OC(F)(F)F)c3)c(C(F)(F)F)c2)(COP(=O)(C(C)(C)C)C(C)(C)C)CO1. The number of nitrogens with zero attached hydrogens (tertiary/aromatic N) is 1. The van der Waals surface area contributed by atoms with E-state index in [2.05, 4.69) is 9.73 Å². The average Bonchev–Trinajstić information content (AvgIpc) is 3.27. The third-order valence-electron chi connectivity index (χ3n) is 7.45. The summed E-state index contributed by atoms with van der Waals surface area (Å²) in [5.74, 6) is -0.279. The Morgan fingerprint density at radius 2 is 1.56 bits per heavy atom. The molecule has 0 fully saturated rings. The molecule has 0 spiro atoms. The van der Waals surface area contributed by atoms with Crippen molar-refractivity contribution < 1.29 is 49.6 Å². The smallest absolute Gasteiger partial charge is 0.493 e. The minimum absolute atomic E-state index is 0.00524. The largest absolute Gasteiger partial charge is 0.573 e. The first-order chi connectivity index (χ1) is 20.5. The number of hydrogen-bond acceptors (Lipinski definition) is 6. The van der Waals surface area contributed by atoms with Gasteiger partial charge in [-0.25, -0.2) is 4.99 Å². The molecular formula is C32H42F6NO5P. The van der Waals surface area contributed by atoms with Crippen LogP contribution < -0.4 is 9.47 Å². The van der Waals surface area contributed by atoms with Crippen LogP contribution in [0.25, 0.3) is 0 Å². The fraction of sp³-hybridized carbons (Fsp3) is 0.594. The van der Waals surface area contributed by atoms with Gasteiger partial charge in [-0.3, -0.25) is 4.57 Å². The molecule has 2 aromatic carbocycles. The second kappa shape index (κ2) is 13.6. The van der Waals surface area contributed by atoms with Gasteiger partial charge in [0.1, 0.15) is 23.6 Å². The Morgan fingerprint density at radius 3 is 2.11 bits per heavy atom. The minimum atomic E-state index is -4.82. The summed E-state index contributed by atoms with van der Waals surface area (Å²) in [6.07, 6.45) is -8.45. The number of halogens is 6. The normalized spacial score (nSPS) is 18.0. The second-order valence-corrected chi connectivity index (χ2v) is 17.3. The summed E-state index contributed by atoms with van der Waals surface area (Å²) in [7, 11) is -3.22. The zero-order chi connectivity index (χ0) is 33.9. The molecular weight excluding hydrogens is 623 g/mol. The first-order valence-corrected chi connectivity index (χ1v) is 16.3. The van der Waals surface area contributed by atoms with Crippen molar-refractivity contribution >= 4 is 13.3 Å². The molecule has 0 radical (unpaired) electrons. The molecule has 0 aliphatic carbocycles. The molecule has 2 aromatic rings. The molecule has 1 unspecified atom stereocenters. The molecule has 1 aliphatic rings. The summed E-state index contributed by atoms with van der Waals surface area (Å²) in [5, 5.41) is -1.29. The molecule has 0 bridgehead atoms. The van der Waals surface area contributed by atoms with Crippen LogP contribution >= 0.6 is 7.37 Å². The van der Waals surface area contributed by atoms with Gasteiger partial charge in [-0.15, -0.1) is 13.2 Å². The zero-order valence-electron chi connectivity index (χ0n) is 26.7. The van der Waals surface area contributed by atoms with Crippen LogP contribution in [0.4, 0.5) is 26.3 Å². The van der Waals surface area contributed by atoms with Crippen molar-refractivity contribution in [2.75, 3.05) is 19.8 Å². The Labute approximate surface area is 261 Å². The maximum atomic E-state index is 14.1. The second-order valence-electron chi connectivity index (χ2n) is 13.3. The van der Waals surface area contributed by atoms with Crippen molar-refractivity contribution in [1.82, 2.24) is 0 Å². The number of alkyl halides is 6. The van der Waals surface area contributed by atoms with Crippen molar-refractivity contribution in [3.8, 4) is 11.5 Å². The molecule has 1 aliphatic heterocycles. The van der Waals surface area contributed by atoms with Gasteiger partial charge in [0.2, 0.25) is 7.37 Å². The van der Waals surface area contributed by atoms with Crippen LogP contribution in [-0.4, -0.2) is 47.9 Å². The lowest BCUT2D eigenvalue weighted by Crippen LogP contribution is -2.38. The summed E-state index contributed by atoms with van der Waals surface area (Å²) < 4.78 is 115. The van der Waals surface area contributed by atoms with Crippen molar-refractivity contribution in [2.24, 2.45) is 4.99 Å². The Morgan fingerprint density at radius 1 is 0.911 bits per heavy atom. The Bertz CT molecular complexity index is 1380. The number of benzene rings is 2. The highest BCUT2D eigenvalue weighted by Crippen LogP contribution is 2.68. The summed E-state index contributed by atoms with van der Waals surface area (Å²) in [6.45, 7) is 12.9. The Hall–Kier alpha value is -2.72. The van der Waals surface area contributed by atoms with E-state index in [9.17, 15) is 30.9 Å². The minimum Gasteiger partial charge on any atom is -0.493 e. The standard InChI is InChI=1S/C32H42F6NO5P/c1-22-39-30(20-42-22,21-43-45(40,28(2,3)4)29(5,6)7)16-15-24-13-14-27(26(19-24)31(33,34)35)41-17-9-11-23-10-8-12-25(18-23)44-32(36,37)38/h8,10,12-14,18-19H,9,11,15-17,20-21H2,1-7H3. The Balaban J connectivity index is 1.69. The average molecular weight is 666 g/mol. The summed E-state index contributed by atoms with van der Waals surface area (Å²) in [4.78, 5) is 4.63. The van der Waals surface area contributed by atoms with Crippen LogP contribution in [0.2, 0.25) is 0 Å². The summed E-state index contributed by atoms with van der Waals surface area (Å²) in [5.41, 5.74) is -0.908. The van der Waals surface area contributed by atoms with E-state index >= 15 is 0 Å². The van der Waals surface area contributed by atoms with Crippen LogP contribution in [0.3, 0.4) is 0 Å². The van der Waals surface area contributed by atoms with Gasteiger partial charge in [0.15, 0.2) is 5.90 Å². The highest BCUT2D eigenvalue weighted by Gasteiger charge is 2.50. The van der Waals surface area contributed by atoms with Crippen molar-refractivity contribution in [3.05, 3.63) is 59.2 Å². The monoisotopic (exact) mass is 665 g/mol. The molecule has 3 rings (SSSR count). The maximum absolute atomic E-state index is 14.1. The lowest BCUT2D eigenvalue weighted by Gasteiger charge is -2.41. The van der Waals surface area contributed by atoms with Crippen molar-refractivity contribution in [3.63, 3.8) is 0 Å². The molecule has 13 heteroatoms. The maximum Gasteiger partial charge on any atom is 0.573 e. The predicted octanol–water partition coefficient (Wildman–Crippen LogP) is 9.63. The van der Waals surface area contributed by atoms with Gasteiger partial charge in [-0.1, -0.05) is 59.7 Å². The van der Waals surface area contributed by atoms with Crippen LogP contribution in [0.1, 0.15) is 78.0 Å². The Kier molecular flexibility index (Phi) is 11.1. The molecule has 1 atom stereocenters. The fourth-order valence-electron chi connectivity index (χ4n) is 5.33. The molecule has 0 saturated heterocycles. The van der Waals surface area contributed by atoms with E-state index < -0.39 is 41.3 Å². The van der Waals surface area contributed by atoms with E-state index in [0.717, 1.165) is 6.07 Å². The van der Waals surface area contributed by atoms with E-state index in [1.165, 1.54) is 24.3 Å². The molecule has 1 heterocycles. The van der Waals surface area contributed by atoms with Gasteiger partial charge < -0.3 is 18.7 Å². The molecule has 252 valence electrons. The van der Waals surface area contributed by atoms with E-state index in [0.29, 0.717) is 23.4 Å². The van der Waals surface area contributed by atoms with Crippen molar-refractivity contribution in [2.45, 2.75) is 103 Å². The molecule has 45 heavy (non-hydrogen) atoms. The van der Waals surface area contributed by atoms with Gasteiger partial charge in [-0.05, 0) is 61.1 Å². The topological polar surface area (TPSA) is 66.3 Å². The molecule has 6 nitrogen and oxygen atoms in total. The lowest BCUT2D eigenvalue weighted by molar-refractivity contribution is -0.274. The quantitative estimate of drug-likeness (QED) is 0.128. The van der Waals surface area contributed by atoms with E-state index in [4.69, 9.17) is 14.0 Å². The fourth-order valence-corrected chi connectivity index (χ4v) is 8.54. The molecule has 0 N–H and O–H groups in total. The van der Waals surface area contributed by atoms with E-state index in [-0.39, 0.29) is 50.6 Å². The third-order valence-corrected chi connectivity index (χ3v) is 11.5. The first kappa shape index (κ1) is 36.7. The van der Waals surface area contributed by atoms with Gasteiger partial charge in [0.05, 0.1) is 18.8 Å². The third kappa shape index (κ3) is 9.88. The summed E-state index contributed by atoms with van der Waals surface area (Å²) in [6, 6.07) is 9.28. The lowest BCUT2D eigenvalue weighted by atomic mass is 9.93. The van der Waals surface area contributed by atoms with E-state index in [1.54, 1.807) is 19.1 Å². The van der Waals surface area contributed by atoms with Crippen LogP contribution in [-0.2, 0) is 32.8 Å². The van der Waals surface area contributed by atoms with Gasteiger partial charge >= 0.3 is 12.5 Å². The van der Waals surface area contributed by atoms with Crippen LogP contribution in [0, 0.1) is 0 Å². The first-order valence-electron chi connectivity index (χ1n) is 14.7. The number of aliphatic imine (C=N–C) groups is 1. The number of hydrogen-bond donors (Lipinski definition) is 0. The number of rotatable bonds is 12. The molecule has 0 aromatic heterocycles. The summed E-state index contributed by atoms with van der Waals surface area (Å²) >= 11 is 0. The zero-order valence-corrected chi connectivity index (χ0v) is 27.6. The van der Waals surface area contributed by atoms with Gasteiger partial charge in [-0.2, -0.15) is 13.2 Å². The van der Waals surface area contributed by atoms with Crippen molar-refractivity contribution in [1.29, 1.82) is 0 Å². The van der Waals surface area contributed by atoms with Gasteiger partial charge in [0.25, 0.3) is 0 Å². The van der Waals surface area contributed by atoms with Gasteiger partial charge in [0, 0.05) is 17.2 Å². The van der Waals surface area contributed by atoms with E-state index in [1.807, 2.05) is 41.5 Å².